The number of amides is 6. The van der Waals surface area contributed by atoms with Gasteiger partial charge in [-0.2, -0.15) is 0 Å². The number of aliphatic carboxylic acids is 1. The summed E-state index contributed by atoms with van der Waals surface area (Å²) in [5, 5.41) is 21.1. The van der Waals surface area contributed by atoms with Crippen LogP contribution in [-0.2, 0) is 39.0 Å². The van der Waals surface area contributed by atoms with Crippen LogP contribution in [0.2, 0.25) is 0 Å². The number of nitrogens with one attached hydrogen (secondary N) is 4. The number of nitrogens with zero attached hydrogens (tertiary/aromatic N) is 2. The molecule has 1 aliphatic rings. The monoisotopic (exact) mass is 800 g/mol. The molecular formula is C44H60N6O8. The Morgan fingerprint density at radius 2 is 1.47 bits per heavy atom. The number of imide groups is 1. The SMILES string of the molecule is CN[C@H](C(=O)NC(C(=O)N(C)[C@H](/C=C(\C)C(=O)N[C@H](CCC(=O)NCCN1C(=O)C=CC1=O)C(=O)O)C(C)C)C(C)(C)C)C(C)(C)c1cccc(-c2ccccc2)c1. The molecule has 0 aromatic heterocycles. The van der Waals surface area contributed by atoms with E-state index < -0.39 is 64.6 Å². The van der Waals surface area contributed by atoms with Crippen LogP contribution < -0.4 is 21.3 Å². The number of carbonyl (C=O) groups is 7. The van der Waals surface area contributed by atoms with Crippen LogP contribution in [0, 0.1) is 11.3 Å². The lowest BCUT2D eigenvalue weighted by molar-refractivity contribution is -0.142. The lowest BCUT2D eigenvalue weighted by atomic mass is 9.76. The predicted molar refractivity (Wildman–Crippen MR) is 222 cm³/mol. The van der Waals surface area contributed by atoms with E-state index in [4.69, 9.17) is 0 Å². The van der Waals surface area contributed by atoms with Crippen molar-refractivity contribution in [3.8, 4) is 11.1 Å². The molecule has 2 aromatic carbocycles. The highest BCUT2D eigenvalue weighted by Crippen LogP contribution is 2.32. The van der Waals surface area contributed by atoms with Gasteiger partial charge in [0.25, 0.3) is 11.8 Å². The predicted octanol–water partition coefficient (Wildman–Crippen LogP) is 3.57. The molecule has 1 aliphatic heterocycles. The summed E-state index contributed by atoms with van der Waals surface area (Å²) in [5.41, 5.74) is 1.77. The van der Waals surface area contributed by atoms with Crippen molar-refractivity contribution in [1.82, 2.24) is 31.1 Å². The Labute approximate surface area is 341 Å². The van der Waals surface area contributed by atoms with Crippen LogP contribution >= 0.6 is 0 Å². The second-order valence-electron chi connectivity index (χ2n) is 16.6. The molecule has 0 aliphatic carbocycles. The third kappa shape index (κ3) is 12.2. The Morgan fingerprint density at radius 1 is 0.862 bits per heavy atom. The van der Waals surface area contributed by atoms with E-state index in [2.05, 4.69) is 27.3 Å². The first-order valence-electron chi connectivity index (χ1n) is 19.5. The first kappa shape index (κ1) is 46.8. The zero-order valence-electron chi connectivity index (χ0n) is 35.3. The van der Waals surface area contributed by atoms with E-state index in [0.717, 1.165) is 33.7 Å². The quantitative estimate of drug-likeness (QED) is 0.104. The topological polar surface area (TPSA) is 194 Å². The van der Waals surface area contributed by atoms with Gasteiger partial charge in [0.1, 0.15) is 12.1 Å². The van der Waals surface area contributed by atoms with Crippen LogP contribution in [0.1, 0.15) is 73.8 Å². The van der Waals surface area contributed by atoms with Gasteiger partial charge in [-0.05, 0) is 48.4 Å². The van der Waals surface area contributed by atoms with E-state index in [1.54, 1.807) is 20.2 Å². The zero-order valence-corrected chi connectivity index (χ0v) is 35.3. The highest BCUT2D eigenvalue weighted by Gasteiger charge is 2.42. The number of carboxylic acid groups (broad SMARTS) is 1. The summed E-state index contributed by atoms with van der Waals surface area (Å²) >= 11 is 0. The van der Waals surface area contributed by atoms with Crippen molar-refractivity contribution < 1.29 is 38.7 Å². The summed E-state index contributed by atoms with van der Waals surface area (Å²) in [6.07, 6.45) is 3.42. The lowest BCUT2D eigenvalue weighted by Gasteiger charge is -2.40. The van der Waals surface area contributed by atoms with Gasteiger partial charge in [0, 0.05) is 49.7 Å². The van der Waals surface area contributed by atoms with Gasteiger partial charge in [0.15, 0.2) is 0 Å². The van der Waals surface area contributed by atoms with E-state index in [1.807, 2.05) is 97.0 Å². The summed E-state index contributed by atoms with van der Waals surface area (Å²) in [6.45, 7) is 14.8. The number of likely N-dealkylation sites (N-methyl/N-ethyl adjacent to an activating group) is 2. The fourth-order valence-corrected chi connectivity index (χ4v) is 6.88. The van der Waals surface area contributed by atoms with E-state index >= 15 is 0 Å². The van der Waals surface area contributed by atoms with Crippen molar-refractivity contribution >= 4 is 41.4 Å². The maximum absolute atomic E-state index is 14.4. The number of carbonyl (C=O) groups excluding carboxylic acids is 6. The van der Waals surface area contributed by atoms with E-state index in [-0.39, 0.29) is 49.2 Å². The highest BCUT2D eigenvalue weighted by molar-refractivity contribution is 6.12. The summed E-state index contributed by atoms with van der Waals surface area (Å²) in [6, 6.07) is 14.4. The van der Waals surface area contributed by atoms with Crippen LogP contribution in [0.4, 0.5) is 0 Å². The Bertz CT molecular complexity index is 1880. The van der Waals surface area contributed by atoms with E-state index in [1.165, 1.54) is 11.8 Å². The second-order valence-corrected chi connectivity index (χ2v) is 16.6. The standard InChI is InChI=1S/C44H60N6O8/c1-27(2)33(25-28(3)39(54)47-32(42(57)58)19-20-34(51)46-23-24-50-35(52)21-22-36(50)53)49(10)41(56)38(43(4,5)6)48-40(55)37(45-9)44(7,8)31-18-14-17-30(26-31)29-15-12-11-13-16-29/h11-18,21-22,25-27,32-33,37-38,45H,19-20,23-24H2,1-10H3,(H,46,51)(H,47,54)(H,48,55)(H,57,58)/b28-25+/t32-,33-,37-,38?/m1/s1. The first-order valence-corrected chi connectivity index (χ1v) is 19.5. The fraction of sp³-hybridized carbons (Fsp3) is 0.477. The average Bonchev–Trinajstić information content (AvgIpc) is 3.49. The summed E-state index contributed by atoms with van der Waals surface area (Å²) in [4.78, 5) is 92.2. The van der Waals surface area contributed by atoms with Crippen molar-refractivity contribution in [2.24, 2.45) is 11.3 Å². The van der Waals surface area contributed by atoms with E-state index in [0.29, 0.717) is 0 Å². The van der Waals surface area contributed by atoms with Crippen molar-refractivity contribution in [2.45, 2.75) is 97.8 Å². The normalized spacial score (nSPS) is 15.4. The maximum atomic E-state index is 14.4. The maximum Gasteiger partial charge on any atom is 0.326 e. The number of carboxylic acids is 1. The number of benzene rings is 2. The molecule has 0 radical (unpaired) electrons. The summed E-state index contributed by atoms with van der Waals surface area (Å²) in [5.74, 6) is -4.40. The molecule has 14 nitrogen and oxygen atoms in total. The summed E-state index contributed by atoms with van der Waals surface area (Å²) < 4.78 is 0. The average molecular weight is 801 g/mol. The molecule has 0 saturated heterocycles. The molecule has 2 aromatic rings. The molecule has 3 rings (SSSR count). The van der Waals surface area contributed by atoms with Crippen molar-refractivity contribution in [1.29, 1.82) is 0 Å². The molecular weight excluding hydrogens is 741 g/mol. The molecule has 314 valence electrons. The molecule has 58 heavy (non-hydrogen) atoms. The lowest BCUT2D eigenvalue weighted by Crippen LogP contribution is -2.61. The smallest absolute Gasteiger partial charge is 0.326 e. The van der Waals surface area contributed by atoms with Gasteiger partial charge in [0.2, 0.25) is 23.6 Å². The molecule has 4 atom stereocenters. The molecule has 0 fully saturated rings. The van der Waals surface area contributed by atoms with Gasteiger partial charge in [-0.15, -0.1) is 0 Å². The number of hydrogen-bond acceptors (Lipinski definition) is 8. The minimum Gasteiger partial charge on any atom is -0.480 e. The third-order valence-electron chi connectivity index (χ3n) is 10.5. The van der Waals surface area contributed by atoms with Crippen molar-refractivity contribution in [3.63, 3.8) is 0 Å². The number of rotatable bonds is 19. The van der Waals surface area contributed by atoms with Gasteiger partial charge in [-0.25, -0.2) is 4.79 Å². The highest BCUT2D eigenvalue weighted by atomic mass is 16.4. The fourth-order valence-electron chi connectivity index (χ4n) is 6.88. The molecule has 1 heterocycles. The van der Waals surface area contributed by atoms with Crippen LogP contribution in [-0.4, -0.2) is 108 Å². The van der Waals surface area contributed by atoms with Crippen molar-refractivity contribution in [2.75, 3.05) is 27.2 Å². The van der Waals surface area contributed by atoms with Gasteiger partial charge in [-0.3, -0.25) is 33.7 Å². The van der Waals surface area contributed by atoms with Crippen LogP contribution in [0.25, 0.3) is 11.1 Å². The van der Waals surface area contributed by atoms with Crippen LogP contribution in [0.15, 0.2) is 78.4 Å². The molecule has 6 amide bonds. The van der Waals surface area contributed by atoms with Crippen LogP contribution in [0.3, 0.4) is 0 Å². The van der Waals surface area contributed by atoms with Gasteiger partial charge in [-0.1, -0.05) is 109 Å². The molecule has 0 bridgehead atoms. The minimum absolute atomic E-state index is 0.00971. The van der Waals surface area contributed by atoms with Crippen LogP contribution in [0.5, 0.6) is 0 Å². The molecule has 5 N–H and O–H groups in total. The Morgan fingerprint density at radius 3 is 2.02 bits per heavy atom. The molecule has 1 unspecified atom stereocenters. The molecule has 14 heteroatoms. The Kier molecular flexibility index (Phi) is 16.3. The largest absolute Gasteiger partial charge is 0.480 e. The van der Waals surface area contributed by atoms with Crippen molar-refractivity contribution in [3.05, 3.63) is 84.0 Å². The van der Waals surface area contributed by atoms with E-state index in [9.17, 15) is 38.7 Å². The minimum atomic E-state index is -1.39. The number of hydrogen-bond donors (Lipinski definition) is 5. The zero-order chi connectivity index (χ0) is 43.5. The molecule has 0 spiro atoms. The Balaban J connectivity index is 1.72. The molecule has 0 saturated carbocycles. The Hall–Kier alpha value is -5.63. The second kappa shape index (κ2) is 20.2. The van der Waals surface area contributed by atoms with Gasteiger partial charge >= 0.3 is 5.97 Å². The first-order chi connectivity index (χ1) is 27.1. The third-order valence-corrected chi connectivity index (χ3v) is 10.5. The van der Waals surface area contributed by atoms with Gasteiger partial charge < -0.3 is 31.3 Å². The van der Waals surface area contributed by atoms with Gasteiger partial charge in [0.05, 0.1) is 12.1 Å². The summed E-state index contributed by atoms with van der Waals surface area (Å²) in [7, 11) is 3.33.